The summed E-state index contributed by atoms with van der Waals surface area (Å²) in [5.41, 5.74) is 1.63. The molecule has 130 valence electrons. The molecule has 0 aromatic heterocycles. The van der Waals surface area contributed by atoms with Crippen LogP contribution in [0.2, 0.25) is 0 Å². The van der Waals surface area contributed by atoms with Crippen molar-refractivity contribution in [3.8, 4) is 0 Å². The molecular weight excluding hydrogens is 317 g/mol. The van der Waals surface area contributed by atoms with E-state index in [1.807, 2.05) is 0 Å². The molecule has 4 heteroatoms. The van der Waals surface area contributed by atoms with Crippen LogP contribution in [0.3, 0.4) is 0 Å². The molecule has 0 aliphatic heterocycles. The molecule has 0 saturated heterocycles. The number of Topliss-reactive ketones (excluding diaryl/α,β-unsaturated/α-hetero) is 1. The van der Waals surface area contributed by atoms with Gasteiger partial charge in [-0.25, -0.2) is 4.39 Å². The number of carbonyl (C=O) groups excluding carboxylic acids is 2. The first kappa shape index (κ1) is 17.3. The Morgan fingerprint density at radius 1 is 1.00 bits per heavy atom. The van der Waals surface area contributed by atoms with Crippen LogP contribution in [0.1, 0.15) is 48.0 Å². The smallest absolute Gasteiger partial charge is 0.227 e. The van der Waals surface area contributed by atoms with Crippen molar-refractivity contribution in [1.29, 1.82) is 0 Å². The maximum atomic E-state index is 13.3. The predicted molar refractivity (Wildman–Crippen MR) is 96.1 cm³/mol. The lowest BCUT2D eigenvalue weighted by Crippen LogP contribution is -2.25. The molecule has 1 N–H and O–H groups in total. The zero-order valence-electron chi connectivity index (χ0n) is 14.1. The number of nitrogens with one attached hydrogen (secondary N) is 1. The highest BCUT2D eigenvalue weighted by atomic mass is 19.1. The zero-order valence-corrected chi connectivity index (χ0v) is 14.1. The molecule has 3 nitrogen and oxygen atoms in total. The van der Waals surface area contributed by atoms with Gasteiger partial charge in [0.05, 0.1) is 5.69 Å². The van der Waals surface area contributed by atoms with Gasteiger partial charge in [-0.3, -0.25) is 9.59 Å². The molecule has 2 aromatic carbocycles. The Hall–Kier alpha value is -2.49. The number of anilines is 1. The Morgan fingerprint density at radius 2 is 1.76 bits per heavy atom. The Kier molecular flexibility index (Phi) is 5.59. The van der Waals surface area contributed by atoms with Crippen LogP contribution in [0, 0.1) is 11.7 Å². The van der Waals surface area contributed by atoms with Crippen LogP contribution in [0.5, 0.6) is 0 Å². The van der Waals surface area contributed by atoms with Crippen molar-refractivity contribution in [2.24, 2.45) is 5.92 Å². The molecule has 0 bridgehead atoms. The summed E-state index contributed by atoms with van der Waals surface area (Å²) in [5, 5.41) is 2.92. The first-order valence-electron chi connectivity index (χ1n) is 8.81. The predicted octanol–water partition coefficient (Wildman–Crippen LogP) is 4.77. The molecule has 0 atom stereocenters. The molecule has 0 radical (unpaired) electrons. The third-order valence-corrected chi connectivity index (χ3v) is 4.72. The highest BCUT2D eigenvalue weighted by Gasteiger charge is 2.22. The second kappa shape index (κ2) is 8.06. The average molecular weight is 339 g/mol. The molecule has 1 aliphatic rings. The molecule has 0 heterocycles. The number of halogens is 1. The van der Waals surface area contributed by atoms with E-state index in [4.69, 9.17) is 0 Å². The van der Waals surface area contributed by atoms with Crippen LogP contribution in [-0.4, -0.2) is 11.7 Å². The van der Waals surface area contributed by atoms with Gasteiger partial charge in [-0.1, -0.05) is 43.5 Å². The van der Waals surface area contributed by atoms with Crippen molar-refractivity contribution in [3.05, 3.63) is 65.5 Å². The van der Waals surface area contributed by atoms with Crippen LogP contribution >= 0.6 is 0 Å². The van der Waals surface area contributed by atoms with Crippen molar-refractivity contribution in [3.63, 3.8) is 0 Å². The van der Waals surface area contributed by atoms with Crippen LogP contribution < -0.4 is 5.32 Å². The Balaban J connectivity index is 1.73. The number of rotatable bonds is 5. The van der Waals surface area contributed by atoms with Gasteiger partial charge in [-0.05, 0) is 42.7 Å². The largest absolute Gasteiger partial charge is 0.325 e. The number of hydrogen-bond acceptors (Lipinski definition) is 2. The Morgan fingerprint density at radius 3 is 2.52 bits per heavy atom. The van der Waals surface area contributed by atoms with E-state index in [0.29, 0.717) is 16.8 Å². The summed E-state index contributed by atoms with van der Waals surface area (Å²) in [5.74, 6) is -0.472. The van der Waals surface area contributed by atoms with Crippen molar-refractivity contribution in [1.82, 2.24) is 0 Å². The molecule has 0 unspecified atom stereocenters. The Labute approximate surface area is 147 Å². The van der Waals surface area contributed by atoms with Gasteiger partial charge in [-0.2, -0.15) is 0 Å². The van der Waals surface area contributed by atoms with Crippen LogP contribution in [0.15, 0.2) is 48.5 Å². The van der Waals surface area contributed by atoms with Crippen molar-refractivity contribution < 1.29 is 14.0 Å². The van der Waals surface area contributed by atoms with Gasteiger partial charge < -0.3 is 5.32 Å². The van der Waals surface area contributed by atoms with Gasteiger partial charge in [0.1, 0.15) is 5.82 Å². The van der Waals surface area contributed by atoms with E-state index in [1.165, 1.54) is 18.6 Å². The highest BCUT2D eigenvalue weighted by Crippen LogP contribution is 2.26. The topological polar surface area (TPSA) is 46.2 Å². The summed E-state index contributed by atoms with van der Waals surface area (Å²) in [4.78, 5) is 25.1. The molecule has 1 aliphatic carbocycles. The van der Waals surface area contributed by atoms with Gasteiger partial charge in [-0.15, -0.1) is 0 Å². The van der Waals surface area contributed by atoms with Gasteiger partial charge in [0.15, 0.2) is 5.78 Å². The number of hydrogen-bond donors (Lipinski definition) is 1. The quantitative estimate of drug-likeness (QED) is 0.798. The number of ketones is 1. The fraction of sp³-hybridized carbons (Fsp3) is 0.333. The number of benzene rings is 2. The fourth-order valence-corrected chi connectivity index (χ4v) is 3.36. The van der Waals surface area contributed by atoms with Gasteiger partial charge in [0.2, 0.25) is 5.91 Å². The summed E-state index contributed by atoms with van der Waals surface area (Å²) in [6.07, 6.45) is 5.27. The first-order chi connectivity index (χ1) is 12.1. The average Bonchev–Trinajstić information content (AvgIpc) is 2.63. The third kappa shape index (κ3) is 4.53. The monoisotopic (exact) mass is 339 g/mol. The maximum absolute atomic E-state index is 13.3. The second-order valence-electron chi connectivity index (χ2n) is 6.60. The molecule has 2 aromatic rings. The summed E-state index contributed by atoms with van der Waals surface area (Å²) in [6, 6.07) is 13.1. The highest BCUT2D eigenvalue weighted by molar-refractivity contribution is 6.06. The van der Waals surface area contributed by atoms with E-state index in [1.54, 1.807) is 36.4 Å². The molecule has 1 saturated carbocycles. The van der Waals surface area contributed by atoms with E-state index < -0.39 is 0 Å². The SMILES string of the molecule is O=C(Cc1cccc(F)c1)c1ccccc1NC(=O)C1CCCCC1. The van der Waals surface area contributed by atoms with E-state index in [9.17, 15) is 14.0 Å². The van der Waals surface area contributed by atoms with E-state index in [-0.39, 0.29) is 29.8 Å². The van der Waals surface area contributed by atoms with Gasteiger partial charge in [0.25, 0.3) is 0 Å². The number of para-hydroxylation sites is 1. The standard InChI is InChI=1S/C21H22FNO2/c22-17-10-6-7-15(13-17)14-20(24)18-11-4-5-12-19(18)23-21(25)16-8-2-1-3-9-16/h4-7,10-13,16H,1-3,8-9,14H2,(H,23,25). The summed E-state index contributed by atoms with van der Waals surface area (Å²) >= 11 is 0. The minimum Gasteiger partial charge on any atom is -0.325 e. The normalized spacial score (nSPS) is 14.9. The van der Waals surface area contributed by atoms with Crippen LogP contribution in [0.25, 0.3) is 0 Å². The molecule has 0 spiro atoms. The fourth-order valence-electron chi connectivity index (χ4n) is 3.36. The lowest BCUT2D eigenvalue weighted by Gasteiger charge is -2.21. The van der Waals surface area contributed by atoms with Gasteiger partial charge >= 0.3 is 0 Å². The Bertz CT molecular complexity index is 766. The van der Waals surface area contributed by atoms with Crippen molar-refractivity contribution in [2.75, 3.05) is 5.32 Å². The van der Waals surface area contributed by atoms with Crippen LogP contribution in [-0.2, 0) is 11.2 Å². The summed E-state index contributed by atoms with van der Waals surface area (Å²) < 4.78 is 13.3. The summed E-state index contributed by atoms with van der Waals surface area (Å²) in [7, 11) is 0. The lowest BCUT2D eigenvalue weighted by atomic mass is 9.88. The maximum Gasteiger partial charge on any atom is 0.227 e. The van der Waals surface area contributed by atoms with Crippen LogP contribution in [0.4, 0.5) is 10.1 Å². The second-order valence-corrected chi connectivity index (χ2v) is 6.60. The lowest BCUT2D eigenvalue weighted by molar-refractivity contribution is -0.120. The van der Waals surface area contributed by atoms with E-state index in [2.05, 4.69) is 5.32 Å². The number of carbonyl (C=O) groups is 2. The van der Waals surface area contributed by atoms with Crippen molar-refractivity contribution >= 4 is 17.4 Å². The summed E-state index contributed by atoms with van der Waals surface area (Å²) in [6.45, 7) is 0. The third-order valence-electron chi connectivity index (χ3n) is 4.72. The molecule has 25 heavy (non-hydrogen) atoms. The molecule has 3 rings (SSSR count). The molecular formula is C21H22FNO2. The minimum atomic E-state index is -0.357. The van der Waals surface area contributed by atoms with E-state index >= 15 is 0 Å². The van der Waals surface area contributed by atoms with Crippen molar-refractivity contribution in [2.45, 2.75) is 38.5 Å². The van der Waals surface area contributed by atoms with E-state index in [0.717, 1.165) is 25.7 Å². The zero-order chi connectivity index (χ0) is 17.6. The molecule has 1 fully saturated rings. The molecule has 1 amide bonds. The minimum absolute atomic E-state index is 0.00861. The first-order valence-corrected chi connectivity index (χ1v) is 8.81. The van der Waals surface area contributed by atoms with Gasteiger partial charge in [0, 0.05) is 17.9 Å². The number of amides is 1.